The lowest BCUT2D eigenvalue weighted by molar-refractivity contribution is -0.137. The summed E-state index contributed by atoms with van der Waals surface area (Å²) in [5, 5.41) is 0. The first-order valence-electron chi connectivity index (χ1n) is 7.10. The fraction of sp³-hybridized carbons (Fsp3) is 0.111. The summed E-state index contributed by atoms with van der Waals surface area (Å²) in [6.07, 6.45) is 0. The van der Waals surface area contributed by atoms with E-state index in [2.05, 4.69) is 0 Å². The van der Waals surface area contributed by atoms with Crippen molar-refractivity contribution in [3.8, 4) is 0 Å². The van der Waals surface area contributed by atoms with Crippen molar-refractivity contribution in [2.75, 3.05) is 14.2 Å². The van der Waals surface area contributed by atoms with E-state index in [9.17, 15) is 14.4 Å². The molecule has 3 rings (SSSR count). The van der Waals surface area contributed by atoms with Crippen LogP contribution in [0.15, 0.2) is 58.3 Å². The Labute approximate surface area is 141 Å². The number of carbonyl (C=O) groups is 3. The molecular formula is C18H14O5S. The van der Waals surface area contributed by atoms with Crippen molar-refractivity contribution in [3.05, 3.63) is 59.7 Å². The Morgan fingerprint density at radius 1 is 0.792 bits per heavy atom. The number of rotatable bonds is 2. The maximum atomic E-state index is 12.7. The van der Waals surface area contributed by atoms with E-state index in [1.807, 2.05) is 0 Å². The van der Waals surface area contributed by atoms with E-state index in [1.165, 1.54) is 14.2 Å². The molecule has 0 saturated carbocycles. The van der Waals surface area contributed by atoms with Gasteiger partial charge in [0.25, 0.3) is 0 Å². The molecule has 2 aromatic rings. The van der Waals surface area contributed by atoms with Gasteiger partial charge in [-0.05, 0) is 24.3 Å². The standard InChI is InChI=1S/C18H14O5S/c1-22-17(20)16(18(21)23-2)24-13-9-5-3-7-11(13)15(19)12-8-4-6-10-14(12)24/h3-10H,1-2H3. The normalized spacial score (nSPS) is 12.8. The van der Waals surface area contributed by atoms with Crippen molar-refractivity contribution in [2.45, 2.75) is 9.79 Å². The van der Waals surface area contributed by atoms with Crippen LogP contribution in [0.5, 0.6) is 0 Å². The molecule has 0 amide bonds. The predicted molar refractivity (Wildman–Crippen MR) is 89.5 cm³/mol. The highest BCUT2D eigenvalue weighted by Crippen LogP contribution is 2.46. The van der Waals surface area contributed by atoms with Gasteiger partial charge in [-0.15, -0.1) is 10.5 Å². The third-order valence-electron chi connectivity index (χ3n) is 3.65. The Kier molecular flexibility index (Phi) is 4.31. The molecule has 6 heteroatoms. The lowest BCUT2D eigenvalue weighted by atomic mass is 10.0. The number of ketones is 1. The fourth-order valence-corrected chi connectivity index (χ4v) is 4.95. The predicted octanol–water partition coefficient (Wildman–Crippen LogP) is 2.44. The van der Waals surface area contributed by atoms with Gasteiger partial charge >= 0.3 is 11.9 Å². The number of fused-ring (bicyclic) bond motifs is 2. The van der Waals surface area contributed by atoms with E-state index in [0.717, 1.165) is 0 Å². The van der Waals surface area contributed by atoms with Crippen LogP contribution in [0.1, 0.15) is 15.9 Å². The van der Waals surface area contributed by atoms with Crippen molar-refractivity contribution < 1.29 is 23.9 Å². The van der Waals surface area contributed by atoms with Gasteiger partial charge in [0.1, 0.15) is 0 Å². The highest BCUT2D eigenvalue weighted by atomic mass is 32.2. The maximum absolute atomic E-state index is 12.7. The molecule has 0 fully saturated rings. The highest BCUT2D eigenvalue weighted by Gasteiger charge is 2.33. The molecule has 1 aliphatic heterocycles. The lowest BCUT2D eigenvalue weighted by Gasteiger charge is -2.24. The van der Waals surface area contributed by atoms with Crippen molar-refractivity contribution in [1.29, 1.82) is 0 Å². The van der Waals surface area contributed by atoms with Crippen molar-refractivity contribution in [1.82, 2.24) is 0 Å². The second kappa shape index (κ2) is 6.41. The Bertz CT molecular complexity index is 828. The summed E-state index contributed by atoms with van der Waals surface area (Å²) in [6.45, 7) is 0. The first-order chi connectivity index (χ1) is 11.6. The van der Waals surface area contributed by atoms with E-state index in [-0.39, 0.29) is 10.6 Å². The number of methoxy groups -OCH3 is 2. The van der Waals surface area contributed by atoms with Gasteiger partial charge in [0, 0.05) is 20.9 Å². The van der Waals surface area contributed by atoms with E-state index < -0.39 is 22.4 Å². The van der Waals surface area contributed by atoms with Crippen molar-refractivity contribution in [2.24, 2.45) is 0 Å². The third-order valence-corrected chi connectivity index (χ3v) is 5.98. The van der Waals surface area contributed by atoms with E-state index in [0.29, 0.717) is 20.9 Å². The van der Waals surface area contributed by atoms with Gasteiger partial charge in [0.05, 0.1) is 14.2 Å². The van der Waals surface area contributed by atoms with Gasteiger partial charge in [-0.25, -0.2) is 9.59 Å². The fourth-order valence-electron chi connectivity index (χ4n) is 2.58. The zero-order valence-corrected chi connectivity index (χ0v) is 13.9. The number of esters is 2. The third kappa shape index (κ3) is 2.45. The molecule has 5 nitrogen and oxygen atoms in total. The molecule has 0 bridgehead atoms. The lowest BCUT2D eigenvalue weighted by Crippen LogP contribution is -2.28. The Morgan fingerprint density at radius 2 is 1.21 bits per heavy atom. The average Bonchev–Trinajstić information content (AvgIpc) is 2.64. The quantitative estimate of drug-likeness (QED) is 0.406. The zero-order chi connectivity index (χ0) is 17.3. The molecule has 1 aliphatic rings. The Morgan fingerprint density at radius 3 is 1.62 bits per heavy atom. The summed E-state index contributed by atoms with van der Waals surface area (Å²) in [6, 6.07) is 13.9. The summed E-state index contributed by atoms with van der Waals surface area (Å²) in [7, 11) is 1.35. The minimum atomic E-state index is -1.07. The molecule has 0 N–H and O–H groups in total. The molecule has 0 atom stereocenters. The van der Waals surface area contributed by atoms with Crippen molar-refractivity contribution >= 4 is 33.1 Å². The van der Waals surface area contributed by atoms with Crippen LogP contribution < -0.4 is 0 Å². The molecule has 122 valence electrons. The van der Waals surface area contributed by atoms with E-state index in [4.69, 9.17) is 9.47 Å². The smallest absolute Gasteiger partial charge is 0.351 e. The summed E-state index contributed by atoms with van der Waals surface area (Å²) in [4.78, 5) is 38.4. The molecule has 2 aromatic carbocycles. The summed E-state index contributed by atoms with van der Waals surface area (Å²) < 4.78 is 9.58. The van der Waals surface area contributed by atoms with Crippen LogP contribution in [0, 0.1) is 0 Å². The van der Waals surface area contributed by atoms with Gasteiger partial charge in [-0.1, -0.05) is 24.3 Å². The van der Waals surface area contributed by atoms with Crippen LogP contribution in [0.25, 0.3) is 0 Å². The SMILES string of the molecule is COC(=O)C(C(=O)OC)=S1c2ccccc2C(=O)c2ccccc21. The topological polar surface area (TPSA) is 69.7 Å². The molecule has 0 radical (unpaired) electrons. The molecule has 0 saturated heterocycles. The maximum Gasteiger partial charge on any atom is 0.351 e. The molecule has 0 unspecified atom stereocenters. The number of hydrogen-bond donors (Lipinski definition) is 0. The van der Waals surface area contributed by atoms with Gasteiger partial charge in [0.2, 0.25) is 0 Å². The van der Waals surface area contributed by atoms with Crippen LogP contribution in [-0.2, 0) is 19.1 Å². The van der Waals surface area contributed by atoms with Gasteiger partial charge in [-0.3, -0.25) is 4.79 Å². The van der Waals surface area contributed by atoms with Gasteiger partial charge in [-0.2, -0.15) is 0 Å². The highest BCUT2D eigenvalue weighted by molar-refractivity contribution is 8.18. The van der Waals surface area contributed by atoms with E-state index >= 15 is 0 Å². The van der Waals surface area contributed by atoms with Crippen LogP contribution in [0.3, 0.4) is 0 Å². The molecule has 0 aliphatic carbocycles. The van der Waals surface area contributed by atoms with Crippen LogP contribution in [0.4, 0.5) is 0 Å². The number of ether oxygens (including phenoxy) is 2. The Balaban J connectivity index is 2.45. The number of hydrogen-bond acceptors (Lipinski definition) is 5. The summed E-state index contributed by atoms with van der Waals surface area (Å²) in [5.74, 6) is -1.65. The van der Waals surface area contributed by atoms with Crippen LogP contribution >= 0.6 is 10.5 Å². The van der Waals surface area contributed by atoms with Gasteiger partial charge in [0.15, 0.2) is 10.6 Å². The first kappa shape index (κ1) is 16.1. The largest absolute Gasteiger partial charge is 0.465 e. The molecule has 0 spiro atoms. The molecule has 0 aromatic heterocycles. The minimum absolute atomic E-state index is 0.118. The van der Waals surface area contributed by atoms with Crippen molar-refractivity contribution in [3.63, 3.8) is 0 Å². The zero-order valence-electron chi connectivity index (χ0n) is 13.1. The summed E-state index contributed by atoms with van der Waals surface area (Å²) in [5.41, 5.74) is 0.953. The Hall–Kier alpha value is -2.73. The van der Waals surface area contributed by atoms with Crippen LogP contribution in [-0.4, -0.2) is 36.8 Å². The second-order valence-electron chi connectivity index (χ2n) is 4.94. The van der Waals surface area contributed by atoms with E-state index in [1.54, 1.807) is 48.5 Å². The monoisotopic (exact) mass is 342 g/mol. The second-order valence-corrected chi connectivity index (χ2v) is 6.84. The molecule has 1 heterocycles. The minimum Gasteiger partial charge on any atom is -0.465 e. The van der Waals surface area contributed by atoms with Gasteiger partial charge < -0.3 is 9.47 Å². The molecule has 24 heavy (non-hydrogen) atoms. The first-order valence-corrected chi connectivity index (χ1v) is 8.33. The number of carbonyl (C=O) groups excluding carboxylic acids is 3. The molecular weight excluding hydrogens is 328 g/mol. The van der Waals surface area contributed by atoms with Crippen LogP contribution in [0.2, 0.25) is 0 Å². The average molecular weight is 342 g/mol. The number of benzene rings is 2. The summed E-state index contributed by atoms with van der Waals surface area (Å²) >= 11 is 0.